The summed E-state index contributed by atoms with van der Waals surface area (Å²) in [5.74, 6) is 0.447. The Labute approximate surface area is 187 Å². The van der Waals surface area contributed by atoms with E-state index in [1.165, 1.54) is 11.4 Å². The van der Waals surface area contributed by atoms with Gasteiger partial charge in [-0.15, -0.1) is 0 Å². The standard InChI is InChI=1S/C24H36N2O4S/c1-4-6-17-25(18-7-5-2)19-21(27)20-26(23-15-11-12-16-24(23)30-3)31(28,29)22-13-9-8-10-14-22/h8-16,21,27H,4-7,17-20H2,1-3H3/t21-/m0/s1. The summed E-state index contributed by atoms with van der Waals surface area (Å²) in [6, 6.07) is 15.3. The lowest BCUT2D eigenvalue weighted by Gasteiger charge is -2.30. The van der Waals surface area contributed by atoms with Gasteiger partial charge in [0.2, 0.25) is 0 Å². The van der Waals surface area contributed by atoms with Crippen molar-refractivity contribution in [2.45, 2.75) is 50.5 Å². The Morgan fingerprint density at radius 2 is 1.48 bits per heavy atom. The molecule has 2 aromatic carbocycles. The fourth-order valence-electron chi connectivity index (χ4n) is 3.49. The van der Waals surface area contributed by atoms with Crippen molar-refractivity contribution >= 4 is 15.7 Å². The molecule has 7 heteroatoms. The molecule has 1 N–H and O–H groups in total. The quantitative estimate of drug-likeness (QED) is 0.470. The van der Waals surface area contributed by atoms with Crippen LogP contribution in [0.1, 0.15) is 39.5 Å². The molecule has 172 valence electrons. The maximum Gasteiger partial charge on any atom is 0.264 e. The molecule has 0 saturated carbocycles. The zero-order valence-corrected chi connectivity index (χ0v) is 19.7. The third kappa shape index (κ3) is 7.23. The summed E-state index contributed by atoms with van der Waals surface area (Å²) >= 11 is 0. The lowest BCUT2D eigenvalue weighted by molar-refractivity contribution is 0.117. The molecule has 0 aliphatic rings. The number of sulfonamides is 1. The highest BCUT2D eigenvalue weighted by Gasteiger charge is 2.29. The Balaban J connectivity index is 2.32. The van der Waals surface area contributed by atoms with Gasteiger partial charge in [0, 0.05) is 6.54 Å². The predicted molar refractivity (Wildman–Crippen MR) is 126 cm³/mol. The Kier molecular flexibility index (Phi) is 10.3. The maximum absolute atomic E-state index is 13.5. The van der Waals surface area contributed by atoms with E-state index in [-0.39, 0.29) is 11.4 Å². The van der Waals surface area contributed by atoms with E-state index in [0.717, 1.165) is 38.8 Å². The van der Waals surface area contributed by atoms with Crippen LogP contribution in [0, 0.1) is 0 Å². The average Bonchev–Trinajstić information content (AvgIpc) is 2.79. The number of anilines is 1. The van der Waals surface area contributed by atoms with Crippen molar-refractivity contribution in [1.29, 1.82) is 0 Å². The molecule has 0 radical (unpaired) electrons. The van der Waals surface area contributed by atoms with Crippen LogP contribution in [0.25, 0.3) is 0 Å². The second kappa shape index (κ2) is 12.7. The van der Waals surface area contributed by atoms with Gasteiger partial charge in [-0.25, -0.2) is 8.42 Å². The van der Waals surface area contributed by atoms with Gasteiger partial charge < -0.3 is 14.7 Å². The summed E-state index contributed by atoms with van der Waals surface area (Å²) in [5, 5.41) is 10.9. The van der Waals surface area contributed by atoms with E-state index in [0.29, 0.717) is 18.0 Å². The first-order chi connectivity index (χ1) is 14.9. The van der Waals surface area contributed by atoms with Gasteiger partial charge >= 0.3 is 0 Å². The number of rotatable bonds is 14. The molecule has 0 spiro atoms. The number of nitrogens with zero attached hydrogens (tertiary/aromatic N) is 2. The van der Waals surface area contributed by atoms with E-state index >= 15 is 0 Å². The highest BCUT2D eigenvalue weighted by molar-refractivity contribution is 7.92. The lowest BCUT2D eigenvalue weighted by atomic mass is 10.2. The van der Waals surface area contributed by atoms with Gasteiger partial charge in [0.05, 0.1) is 30.3 Å². The fourth-order valence-corrected chi connectivity index (χ4v) is 5.02. The summed E-state index contributed by atoms with van der Waals surface area (Å²) < 4.78 is 33.7. The van der Waals surface area contributed by atoms with Crippen LogP contribution >= 0.6 is 0 Å². The minimum atomic E-state index is -3.88. The summed E-state index contributed by atoms with van der Waals surface area (Å²) in [6.07, 6.45) is 3.42. The van der Waals surface area contributed by atoms with Crippen LogP contribution in [0.15, 0.2) is 59.5 Å². The molecule has 0 heterocycles. The summed E-state index contributed by atoms with van der Waals surface area (Å²) in [4.78, 5) is 2.41. The van der Waals surface area contributed by atoms with E-state index in [4.69, 9.17) is 4.74 Å². The van der Waals surface area contributed by atoms with Gasteiger partial charge in [0.25, 0.3) is 10.0 Å². The van der Waals surface area contributed by atoms with E-state index in [1.807, 2.05) is 0 Å². The van der Waals surface area contributed by atoms with Gasteiger partial charge in [-0.05, 0) is 50.2 Å². The van der Waals surface area contributed by atoms with Crippen molar-refractivity contribution < 1.29 is 18.3 Å². The number of aliphatic hydroxyl groups is 1. The Morgan fingerprint density at radius 1 is 0.903 bits per heavy atom. The molecule has 0 fully saturated rings. The number of benzene rings is 2. The van der Waals surface area contributed by atoms with Crippen LogP contribution < -0.4 is 9.04 Å². The topological polar surface area (TPSA) is 70.1 Å². The number of hydrogen-bond donors (Lipinski definition) is 1. The van der Waals surface area contributed by atoms with E-state index in [9.17, 15) is 13.5 Å². The van der Waals surface area contributed by atoms with Crippen LogP contribution in [0.3, 0.4) is 0 Å². The lowest BCUT2D eigenvalue weighted by Crippen LogP contribution is -2.43. The van der Waals surface area contributed by atoms with Crippen molar-refractivity contribution in [2.75, 3.05) is 37.6 Å². The van der Waals surface area contributed by atoms with Crippen molar-refractivity contribution in [2.24, 2.45) is 0 Å². The first-order valence-corrected chi connectivity index (χ1v) is 12.5. The minimum absolute atomic E-state index is 0.0493. The predicted octanol–water partition coefficient (Wildman–Crippen LogP) is 4.15. The van der Waals surface area contributed by atoms with Crippen LogP contribution in [-0.4, -0.2) is 57.8 Å². The van der Waals surface area contributed by atoms with Crippen molar-refractivity contribution in [3.05, 3.63) is 54.6 Å². The monoisotopic (exact) mass is 448 g/mol. The van der Waals surface area contributed by atoms with Gasteiger partial charge in [0.1, 0.15) is 5.75 Å². The van der Waals surface area contributed by atoms with Crippen molar-refractivity contribution in [3.63, 3.8) is 0 Å². The molecule has 2 aromatic rings. The number of hydrogen-bond acceptors (Lipinski definition) is 5. The average molecular weight is 449 g/mol. The van der Waals surface area contributed by atoms with Gasteiger partial charge in [0.15, 0.2) is 0 Å². The number of ether oxygens (including phenoxy) is 1. The molecule has 0 amide bonds. The molecule has 31 heavy (non-hydrogen) atoms. The fraction of sp³-hybridized carbons (Fsp3) is 0.500. The third-order valence-corrected chi connectivity index (χ3v) is 6.98. The molecule has 1 atom stereocenters. The van der Waals surface area contributed by atoms with E-state index in [2.05, 4.69) is 18.7 Å². The molecule has 0 unspecified atom stereocenters. The number of aliphatic hydroxyl groups excluding tert-OH is 1. The normalized spacial score (nSPS) is 12.7. The van der Waals surface area contributed by atoms with Crippen molar-refractivity contribution in [3.8, 4) is 5.75 Å². The molecular formula is C24H36N2O4S. The Hall–Kier alpha value is -2.09. The second-order valence-corrected chi connectivity index (χ2v) is 9.54. The molecule has 0 aromatic heterocycles. The van der Waals surface area contributed by atoms with Crippen LogP contribution in [0.4, 0.5) is 5.69 Å². The molecule has 6 nitrogen and oxygen atoms in total. The number of unbranched alkanes of at least 4 members (excludes halogenated alkanes) is 2. The van der Waals surface area contributed by atoms with Gasteiger partial charge in [-0.3, -0.25) is 4.31 Å². The third-order valence-electron chi connectivity index (χ3n) is 5.19. The molecule has 0 saturated heterocycles. The highest BCUT2D eigenvalue weighted by atomic mass is 32.2. The van der Waals surface area contributed by atoms with Crippen LogP contribution in [0.2, 0.25) is 0 Å². The largest absolute Gasteiger partial charge is 0.495 e. The van der Waals surface area contributed by atoms with Crippen molar-refractivity contribution in [1.82, 2.24) is 4.90 Å². The molecule has 0 aliphatic carbocycles. The molecule has 2 rings (SSSR count). The van der Waals surface area contributed by atoms with Gasteiger partial charge in [-0.1, -0.05) is 57.0 Å². The number of para-hydroxylation sites is 2. The van der Waals surface area contributed by atoms with Gasteiger partial charge in [-0.2, -0.15) is 0 Å². The second-order valence-electron chi connectivity index (χ2n) is 7.68. The van der Waals surface area contributed by atoms with E-state index in [1.54, 1.807) is 54.6 Å². The summed E-state index contributed by atoms with van der Waals surface area (Å²) in [7, 11) is -2.36. The van der Waals surface area contributed by atoms with E-state index < -0.39 is 16.1 Å². The zero-order chi connectivity index (χ0) is 22.7. The van der Waals surface area contributed by atoms with Crippen LogP contribution in [-0.2, 0) is 10.0 Å². The zero-order valence-electron chi connectivity index (χ0n) is 18.9. The maximum atomic E-state index is 13.5. The Morgan fingerprint density at radius 3 is 2.06 bits per heavy atom. The summed E-state index contributed by atoms with van der Waals surface area (Å²) in [5.41, 5.74) is 0.418. The first kappa shape index (κ1) is 25.2. The number of methoxy groups -OCH3 is 1. The Bertz CT molecular complexity index is 866. The summed E-state index contributed by atoms with van der Waals surface area (Å²) in [6.45, 7) is 6.46. The minimum Gasteiger partial charge on any atom is -0.495 e. The first-order valence-electron chi connectivity index (χ1n) is 11.0. The molecule has 0 aliphatic heterocycles. The SMILES string of the molecule is CCCCN(CCCC)C[C@H](O)CN(c1ccccc1OC)S(=O)(=O)c1ccccc1. The molecule has 0 bridgehead atoms. The highest BCUT2D eigenvalue weighted by Crippen LogP contribution is 2.32. The van der Waals surface area contributed by atoms with Crippen LogP contribution in [0.5, 0.6) is 5.75 Å². The smallest absolute Gasteiger partial charge is 0.264 e. The molecular weight excluding hydrogens is 412 g/mol.